The molecule has 1 aromatic rings. The number of nitrogens with zero attached hydrogens (tertiary/aromatic N) is 3. The molecular formula is C9H14N4O4S. The van der Waals surface area contributed by atoms with Crippen LogP contribution in [0, 0.1) is 0 Å². The van der Waals surface area contributed by atoms with Crippen LogP contribution in [0.5, 0.6) is 0 Å². The number of anilines is 1. The molecule has 0 spiro atoms. The summed E-state index contributed by atoms with van der Waals surface area (Å²) in [4.78, 5) is 13.6. The van der Waals surface area contributed by atoms with Gasteiger partial charge < -0.3 is 10.6 Å². The average Bonchev–Trinajstić information content (AvgIpc) is 2.86. The number of carbonyl (C=O) groups is 1. The molecule has 18 heavy (non-hydrogen) atoms. The van der Waals surface area contributed by atoms with Crippen LogP contribution in [0.1, 0.15) is 23.8 Å². The van der Waals surface area contributed by atoms with Gasteiger partial charge in [-0.1, -0.05) is 0 Å². The van der Waals surface area contributed by atoms with E-state index in [0.29, 0.717) is 13.0 Å². The Morgan fingerprint density at radius 3 is 2.72 bits per heavy atom. The standard InChI is InChI=1S/C9H14N4O4S/c1-2-13(6-3-4-18(15,16)5-6)9(14)7-8(10)12-17-11-7/h6H,2-5H2,1H3,(H2,10,12). The average molecular weight is 274 g/mol. The Kier molecular flexibility index (Phi) is 3.24. The third-order valence-corrected chi connectivity index (χ3v) is 4.72. The number of nitrogens with two attached hydrogens (primary N) is 1. The van der Waals surface area contributed by atoms with Crippen LogP contribution in [0.3, 0.4) is 0 Å². The Balaban J connectivity index is 2.20. The Hall–Kier alpha value is -1.64. The van der Waals surface area contributed by atoms with E-state index in [-0.39, 0.29) is 29.1 Å². The first kappa shape index (κ1) is 12.8. The lowest BCUT2D eigenvalue weighted by Crippen LogP contribution is -2.41. The minimum absolute atomic E-state index is 0.0161. The molecule has 8 nitrogen and oxygen atoms in total. The zero-order valence-electron chi connectivity index (χ0n) is 9.87. The first-order valence-corrected chi connectivity index (χ1v) is 7.36. The lowest BCUT2D eigenvalue weighted by molar-refractivity contribution is 0.0698. The highest BCUT2D eigenvalue weighted by atomic mass is 32.2. The summed E-state index contributed by atoms with van der Waals surface area (Å²) >= 11 is 0. The van der Waals surface area contributed by atoms with Crippen molar-refractivity contribution in [3.8, 4) is 0 Å². The van der Waals surface area contributed by atoms with Crippen molar-refractivity contribution in [2.24, 2.45) is 0 Å². The Bertz CT molecular complexity index is 553. The quantitative estimate of drug-likeness (QED) is 0.773. The topological polar surface area (TPSA) is 119 Å². The fourth-order valence-electron chi connectivity index (χ4n) is 2.07. The molecule has 1 fully saturated rings. The summed E-state index contributed by atoms with van der Waals surface area (Å²) in [6.07, 6.45) is 0.438. The lowest BCUT2D eigenvalue weighted by atomic mass is 10.2. The van der Waals surface area contributed by atoms with Crippen LogP contribution in [0.4, 0.5) is 5.82 Å². The molecule has 0 aromatic carbocycles. The minimum atomic E-state index is -3.05. The number of hydrogen-bond donors (Lipinski definition) is 1. The normalized spacial score (nSPS) is 21.9. The molecule has 1 amide bonds. The number of rotatable bonds is 3. The van der Waals surface area contributed by atoms with Gasteiger partial charge in [0.15, 0.2) is 9.84 Å². The van der Waals surface area contributed by atoms with Gasteiger partial charge in [-0.05, 0) is 23.7 Å². The smallest absolute Gasteiger partial charge is 0.280 e. The van der Waals surface area contributed by atoms with Gasteiger partial charge in [0, 0.05) is 12.6 Å². The number of sulfone groups is 1. The van der Waals surface area contributed by atoms with Crippen LogP contribution in [0.15, 0.2) is 4.63 Å². The largest absolute Gasteiger partial charge is 0.379 e. The Labute approximate surface area is 104 Å². The van der Waals surface area contributed by atoms with Gasteiger partial charge >= 0.3 is 0 Å². The molecular weight excluding hydrogens is 260 g/mol. The zero-order valence-corrected chi connectivity index (χ0v) is 10.7. The van der Waals surface area contributed by atoms with Gasteiger partial charge in [-0.2, -0.15) is 0 Å². The van der Waals surface area contributed by atoms with Crippen LogP contribution in [-0.4, -0.2) is 53.6 Å². The summed E-state index contributed by atoms with van der Waals surface area (Å²) in [5.74, 6) is -0.441. The van der Waals surface area contributed by atoms with E-state index in [2.05, 4.69) is 14.9 Å². The zero-order chi connectivity index (χ0) is 13.3. The molecule has 0 bridgehead atoms. The summed E-state index contributed by atoms with van der Waals surface area (Å²) in [7, 11) is -3.05. The third kappa shape index (κ3) is 2.30. The predicted molar refractivity (Wildman–Crippen MR) is 62.5 cm³/mol. The van der Waals surface area contributed by atoms with Crippen molar-refractivity contribution in [1.82, 2.24) is 15.2 Å². The van der Waals surface area contributed by atoms with Crippen LogP contribution < -0.4 is 5.73 Å². The lowest BCUT2D eigenvalue weighted by Gasteiger charge is -2.25. The maximum absolute atomic E-state index is 12.1. The van der Waals surface area contributed by atoms with Crippen LogP contribution in [0.25, 0.3) is 0 Å². The second-order valence-electron chi connectivity index (χ2n) is 4.15. The maximum Gasteiger partial charge on any atom is 0.280 e. The van der Waals surface area contributed by atoms with Gasteiger partial charge in [-0.15, -0.1) is 0 Å². The monoisotopic (exact) mass is 274 g/mol. The van der Waals surface area contributed by atoms with E-state index in [1.807, 2.05) is 0 Å². The fraction of sp³-hybridized carbons (Fsp3) is 0.667. The van der Waals surface area contributed by atoms with Crippen molar-refractivity contribution < 1.29 is 17.8 Å². The van der Waals surface area contributed by atoms with E-state index in [4.69, 9.17) is 5.73 Å². The number of amides is 1. The molecule has 1 atom stereocenters. The van der Waals surface area contributed by atoms with Gasteiger partial charge in [-0.3, -0.25) is 4.79 Å². The molecule has 1 saturated heterocycles. The van der Waals surface area contributed by atoms with E-state index in [1.54, 1.807) is 6.92 Å². The molecule has 9 heteroatoms. The second kappa shape index (κ2) is 4.56. The van der Waals surface area contributed by atoms with Gasteiger partial charge in [0.1, 0.15) is 0 Å². The van der Waals surface area contributed by atoms with Crippen LogP contribution >= 0.6 is 0 Å². The first-order chi connectivity index (χ1) is 8.44. The molecule has 1 unspecified atom stereocenters. The van der Waals surface area contributed by atoms with Gasteiger partial charge in [-0.25, -0.2) is 13.0 Å². The molecule has 0 radical (unpaired) electrons. The van der Waals surface area contributed by atoms with E-state index in [1.165, 1.54) is 4.90 Å². The summed E-state index contributed by atoms with van der Waals surface area (Å²) in [5, 5.41) is 6.78. The summed E-state index contributed by atoms with van der Waals surface area (Å²) in [5.41, 5.74) is 5.38. The molecule has 1 aliphatic rings. The molecule has 0 saturated carbocycles. The number of carbonyl (C=O) groups excluding carboxylic acids is 1. The molecule has 100 valence electrons. The van der Waals surface area contributed by atoms with E-state index in [0.717, 1.165) is 0 Å². The molecule has 2 rings (SSSR count). The number of nitrogen functional groups attached to an aromatic ring is 1. The van der Waals surface area contributed by atoms with E-state index in [9.17, 15) is 13.2 Å². The molecule has 2 heterocycles. The Morgan fingerprint density at radius 1 is 1.56 bits per heavy atom. The Morgan fingerprint density at radius 2 is 2.28 bits per heavy atom. The van der Waals surface area contributed by atoms with Gasteiger partial charge in [0.05, 0.1) is 11.5 Å². The van der Waals surface area contributed by atoms with Crippen molar-refractivity contribution >= 4 is 21.6 Å². The van der Waals surface area contributed by atoms with Gasteiger partial charge in [0.25, 0.3) is 5.91 Å². The SMILES string of the molecule is CCN(C(=O)c1nonc1N)C1CCS(=O)(=O)C1. The van der Waals surface area contributed by atoms with Crippen LogP contribution in [0.2, 0.25) is 0 Å². The molecule has 1 aliphatic heterocycles. The minimum Gasteiger partial charge on any atom is -0.379 e. The fourth-order valence-corrected chi connectivity index (χ4v) is 3.80. The van der Waals surface area contributed by atoms with E-state index < -0.39 is 15.7 Å². The summed E-state index contributed by atoms with van der Waals surface area (Å²) in [6.45, 7) is 2.15. The van der Waals surface area contributed by atoms with Crippen molar-refractivity contribution in [3.63, 3.8) is 0 Å². The molecule has 1 aromatic heterocycles. The first-order valence-electron chi connectivity index (χ1n) is 5.54. The number of aromatic nitrogens is 2. The highest BCUT2D eigenvalue weighted by Gasteiger charge is 2.35. The second-order valence-corrected chi connectivity index (χ2v) is 6.37. The van der Waals surface area contributed by atoms with Crippen molar-refractivity contribution in [2.45, 2.75) is 19.4 Å². The maximum atomic E-state index is 12.1. The van der Waals surface area contributed by atoms with Gasteiger partial charge in [0.2, 0.25) is 11.5 Å². The molecule has 2 N–H and O–H groups in total. The summed E-state index contributed by atoms with van der Waals surface area (Å²) in [6, 6.07) is -0.330. The highest BCUT2D eigenvalue weighted by molar-refractivity contribution is 7.91. The number of hydrogen-bond acceptors (Lipinski definition) is 7. The van der Waals surface area contributed by atoms with Crippen molar-refractivity contribution in [1.29, 1.82) is 0 Å². The molecule has 0 aliphatic carbocycles. The van der Waals surface area contributed by atoms with Crippen LogP contribution in [-0.2, 0) is 9.84 Å². The third-order valence-electron chi connectivity index (χ3n) is 2.97. The van der Waals surface area contributed by atoms with E-state index >= 15 is 0 Å². The highest BCUT2D eigenvalue weighted by Crippen LogP contribution is 2.20. The predicted octanol–water partition coefficient (Wildman–Crippen LogP) is -0.699. The van der Waals surface area contributed by atoms with Crippen molar-refractivity contribution in [3.05, 3.63) is 5.69 Å². The van der Waals surface area contributed by atoms with Crippen molar-refractivity contribution in [2.75, 3.05) is 23.8 Å². The summed E-state index contributed by atoms with van der Waals surface area (Å²) < 4.78 is 27.2.